The molecule has 0 aliphatic heterocycles. The van der Waals surface area contributed by atoms with Crippen LogP contribution in [0.4, 0.5) is 18.3 Å². The van der Waals surface area contributed by atoms with E-state index in [1.807, 2.05) is 13.8 Å². The summed E-state index contributed by atoms with van der Waals surface area (Å²) in [6.07, 6.45) is -2.73. The molecule has 0 bridgehead atoms. The Morgan fingerprint density at radius 3 is 2.53 bits per heavy atom. The van der Waals surface area contributed by atoms with Crippen LogP contribution in [0.2, 0.25) is 0 Å². The van der Waals surface area contributed by atoms with E-state index in [0.29, 0.717) is 23.0 Å². The van der Waals surface area contributed by atoms with Gasteiger partial charge in [0.25, 0.3) is 0 Å². The first-order chi connectivity index (χ1) is 8.86. The summed E-state index contributed by atoms with van der Waals surface area (Å²) in [7, 11) is 0. The maximum atomic E-state index is 12.4. The predicted octanol–water partition coefficient (Wildman–Crippen LogP) is 3.89. The summed E-state index contributed by atoms with van der Waals surface area (Å²) in [6, 6.07) is 0. The van der Waals surface area contributed by atoms with Crippen LogP contribution in [-0.2, 0) is 12.6 Å². The first-order valence-corrected chi connectivity index (χ1v) is 7.19. The number of halogens is 3. The first kappa shape index (κ1) is 14.3. The minimum absolute atomic E-state index is 0.297. The van der Waals surface area contributed by atoms with E-state index < -0.39 is 11.1 Å². The van der Waals surface area contributed by atoms with Gasteiger partial charge in [0, 0.05) is 17.8 Å². The molecule has 0 fully saturated rings. The Hall–Kier alpha value is -1.15. The molecule has 0 unspecified atom stereocenters. The van der Waals surface area contributed by atoms with Gasteiger partial charge in [-0.2, -0.15) is 13.2 Å². The zero-order valence-electron chi connectivity index (χ0n) is 10.3. The molecule has 2 heterocycles. The second kappa shape index (κ2) is 5.46. The van der Waals surface area contributed by atoms with E-state index in [-0.39, 0.29) is 0 Å². The Kier molecular flexibility index (Phi) is 4.10. The van der Waals surface area contributed by atoms with Crippen LogP contribution >= 0.6 is 22.7 Å². The fourth-order valence-corrected chi connectivity index (χ4v) is 3.22. The maximum Gasteiger partial charge on any atom is 0.427 e. The number of thiazole rings is 2. The van der Waals surface area contributed by atoms with Gasteiger partial charge in [-0.1, -0.05) is 11.3 Å². The second-order valence-corrected chi connectivity index (χ2v) is 6.26. The number of nitrogens with zero attached hydrogens (tertiary/aromatic N) is 2. The van der Waals surface area contributed by atoms with Gasteiger partial charge in [-0.05, 0) is 13.8 Å². The third-order valence-electron chi connectivity index (χ3n) is 2.41. The van der Waals surface area contributed by atoms with Crippen LogP contribution in [-0.4, -0.2) is 16.5 Å². The van der Waals surface area contributed by atoms with Crippen molar-refractivity contribution in [1.29, 1.82) is 0 Å². The minimum Gasteiger partial charge on any atom is -0.361 e. The summed E-state index contributed by atoms with van der Waals surface area (Å²) in [5.41, 5.74) is 0.986. The van der Waals surface area contributed by atoms with Crippen molar-refractivity contribution in [3.05, 3.63) is 26.7 Å². The van der Waals surface area contributed by atoms with Crippen molar-refractivity contribution >= 4 is 27.8 Å². The van der Waals surface area contributed by atoms with E-state index in [2.05, 4.69) is 15.3 Å². The molecule has 0 saturated heterocycles. The summed E-state index contributed by atoms with van der Waals surface area (Å²) >= 11 is 2.24. The van der Waals surface area contributed by atoms with Gasteiger partial charge in [0.15, 0.2) is 5.13 Å². The van der Waals surface area contributed by atoms with Gasteiger partial charge < -0.3 is 5.32 Å². The van der Waals surface area contributed by atoms with Gasteiger partial charge in [0.1, 0.15) is 4.88 Å². The predicted molar refractivity (Wildman–Crippen MR) is 70.9 cm³/mol. The Bertz CT molecular complexity index is 560. The third-order valence-corrected chi connectivity index (χ3v) is 4.55. The highest BCUT2D eigenvalue weighted by Gasteiger charge is 2.33. The Morgan fingerprint density at radius 1 is 1.26 bits per heavy atom. The van der Waals surface area contributed by atoms with E-state index in [0.717, 1.165) is 28.2 Å². The molecule has 2 aromatic rings. The SMILES string of the molecule is Cc1nc(C)c(CCNc2ncc(C(F)(F)F)s2)s1. The highest BCUT2D eigenvalue weighted by Crippen LogP contribution is 2.34. The van der Waals surface area contributed by atoms with E-state index >= 15 is 0 Å². The van der Waals surface area contributed by atoms with Crippen LogP contribution in [0.15, 0.2) is 6.20 Å². The average Bonchev–Trinajstić information content (AvgIpc) is 2.86. The minimum atomic E-state index is -4.32. The standard InChI is InChI=1S/C11H12F3N3S2/c1-6-8(18-7(2)17-6)3-4-15-10-16-5-9(19-10)11(12,13)14/h5H,3-4H2,1-2H3,(H,15,16). The zero-order valence-corrected chi connectivity index (χ0v) is 12.0. The van der Waals surface area contributed by atoms with Crippen LogP contribution in [0.3, 0.4) is 0 Å². The fourth-order valence-electron chi connectivity index (χ4n) is 1.58. The zero-order chi connectivity index (χ0) is 14.0. The molecular formula is C11H12F3N3S2. The monoisotopic (exact) mass is 307 g/mol. The molecular weight excluding hydrogens is 295 g/mol. The number of rotatable bonds is 4. The number of hydrogen-bond acceptors (Lipinski definition) is 5. The number of alkyl halides is 3. The highest BCUT2D eigenvalue weighted by atomic mass is 32.1. The third kappa shape index (κ3) is 3.66. The summed E-state index contributed by atoms with van der Waals surface area (Å²) in [6.45, 7) is 4.42. The van der Waals surface area contributed by atoms with Gasteiger partial charge in [-0.25, -0.2) is 9.97 Å². The maximum absolute atomic E-state index is 12.4. The molecule has 0 aromatic carbocycles. The number of nitrogens with one attached hydrogen (secondary N) is 1. The molecule has 0 atom stereocenters. The fraction of sp³-hybridized carbons (Fsp3) is 0.455. The molecule has 0 spiro atoms. The molecule has 19 heavy (non-hydrogen) atoms. The lowest BCUT2D eigenvalue weighted by molar-refractivity contribution is -0.134. The molecule has 0 aliphatic carbocycles. The molecule has 0 radical (unpaired) electrons. The Balaban J connectivity index is 1.89. The topological polar surface area (TPSA) is 37.8 Å². The molecule has 3 nitrogen and oxygen atoms in total. The highest BCUT2D eigenvalue weighted by molar-refractivity contribution is 7.15. The van der Waals surface area contributed by atoms with Crippen molar-refractivity contribution in [2.24, 2.45) is 0 Å². The van der Waals surface area contributed by atoms with Crippen LogP contribution in [0, 0.1) is 13.8 Å². The van der Waals surface area contributed by atoms with Crippen LogP contribution in [0.25, 0.3) is 0 Å². The van der Waals surface area contributed by atoms with Gasteiger partial charge in [0.05, 0.1) is 16.9 Å². The van der Waals surface area contributed by atoms with Crippen molar-refractivity contribution in [3.8, 4) is 0 Å². The molecule has 8 heteroatoms. The lowest BCUT2D eigenvalue weighted by atomic mass is 10.3. The van der Waals surface area contributed by atoms with Gasteiger partial charge in [0.2, 0.25) is 0 Å². The summed E-state index contributed by atoms with van der Waals surface area (Å²) < 4.78 is 37.1. The molecule has 2 rings (SSSR count). The van der Waals surface area contributed by atoms with Crippen molar-refractivity contribution in [1.82, 2.24) is 9.97 Å². The normalized spacial score (nSPS) is 11.8. The average molecular weight is 307 g/mol. The molecule has 0 amide bonds. The van der Waals surface area contributed by atoms with Gasteiger partial charge in [-0.3, -0.25) is 0 Å². The summed E-state index contributed by atoms with van der Waals surface area (Å²) in [5.74, 6) is 0. The second-order valence-electron chi connectivity index (χ2n) is 3.95. The van der Waals surface area contributed by atoms with Crippen LogP contribution in [0.1, 0.15) is 20.5 Å². The number of aryl methyl sites for hydroxylation is 2. The molecule has 1 N–H and O–H groups in total. The van der Waals surface area contributed by atoms with Crippen molar-refractivity contribution in [3.63, 3.8) is 0 Å². The number of hydrogen-bond donors (Lipinski definition) is 1. The quantitative estimate of drug-likeness (QED) is 0.931. The van der Waals surface area contributed by atoms with E-state index in [4.69, 9.17) is 0 Å². The van der Waals surface area contributed by atoms with Crippen molar-refractivity contribution in [2.45, 2.75) is 26.4 Å². The number of aromatic nitrogens is 2. The van der Waals surface area contributed by atoms with Crippen molar-refractivity contribution < 1.29 is 13.2 Å². The van der Waals surface area contributed by atoms with E-state index in [9.17, 15) is 13.2 Å². The smallest absolute Gasteiger partial charge is 0.361 e. The van der Waals surface area contributed by atoms with Crippen molar-refractivity contribution in [2.75, 3.05) is 11.9 Å². The van der Waals surface area contributed by atoms with E-state index in [1.165, 1.54) is 0 Å². The summed E-state index contributed by atoms with van der Waals surface area (Å²) in [5, 5.41) is 4.21. The number of anilines is 1. The van der Waals surface area contributed by atoms with Crippen LogP contribution in [0.5, 0.6) is 0 Å². The summed E-state index contributed by atoms with van der Waals surface area (Å²) in [4.78, 5) is 8.49. The lowest BCUT2D eigenvalue weighted by Gasteiger charge is -2.02. The molecule has 104 valence electrons. The van der Waals surface area contributed by atoms with Gasteiger partial charge >= 0.3 is 6.18 Å². The van der Waals surface area contributed by atoms with Gasteiger partial charge in [-0.15, -0.1) is 11.3 Å². The first-order valence-electron chi connectivity index (χ1n) is 5.56. The molecule has 2 aromatic heterocycles. The van der Waals surface area contributed by atoms with E-state index in [1.54, 1.807) is 11.3 Å². The molecule has 0 aliphatic rings. The Morgan fingerprint density at radius 2 is 2.00 bits per heavy atom. The lowest BCUT2D eigenvalue weighted by Crippen LogP contribution is -2.04. The Labute approximate surface area is 116 Å². The van der Waals surface area contributed by atoms with Crippen LogP contribution < -0.4 is 5.32 Å². The molecule has 0 saturated carbocycles. The largest absolute Gasteiger partial charge is 0.427 e.